The van der Waals surface area contributed by atoms with Crippen LogP contribution in [-0.2, 0) is 4.74 Å². The fraction of sp³-hybridized carbons (Fsp3) is 0.500. The summed E-state index contributed by atoms with van der Waals surface area (Å²) in [7, 11) is 0. The molecule has 0 aromatic carbocycles. The van der Waals surface area contributed by atoms with Crippen LogP contribution in [0.25, 0.3) is 0 Å². The van der Waals surface area contributed by atoms with Gasteiger partial charge in [0.25, 0.3) is 0 Å². The van der Waals surface area contributed by atoms with E-state index in [4.69, 9.17) is 16.3 Å². The first-order valence-electron chi connectivity index (χ1n) is 4.78. The number of carbonyl (C=O) groups is 1. The standard InChI is InChI=1S/C10H14ClN3O2/c1-6-5-7(13-14-8(6)11)12-9(15)16-10(2,3)4/h5H,1-4H3,(H,12,13,15). The maximum Gasteiger partial charge on any atom is 0.413 e. The van der Waals surface area contributed by atoms with Crippen LogP contribution in [0.15, 0.2) is 6.07 Å². The first-order chi connectivity index (χ1) is 7.28. The molecule has 0 spiro atoms. The molecule has 16 heavy (non-hydrogen) atoms. The van der Waals surface area contributed by atoms with E-state index < -0.39 is 11.7 Å². The minimum absolute atomic E-state index is 0.315. The summed E-state index contributed by atoms with van der Waals surface area (Å²) in [6, 6.07) is 1.62. The Morgan fingerprint density at radius 3 is 2.56 bits per heavy atom. The van der Waals surface area contributed by atoms with Gasteiger partial charge in [0.15, 0.2) is 11.0 Å². The monoisotopic (exact) mass is 243 g/mol. The molecule has 1 amide bonds. The summed E-state index contributed by atoms with van der Waals surface area (Å²) in [6.07, 6.45) is -0.566. The van der Waals surface area contributed by atoms with Crippen molar-refractivity contribution in [2.45, 2.75) is 33.3 Å². The van der Waals surface area contributed by atoms with Gasteiger partial charge in [-0.2, -0.15) is 0 Å². The third kappa shape index (κ3) is 4.02. The van der Waals surface area contributed by atoms with E-state index >= 15 is 0 Å². The zero-order valence-corrected chi connectivity index (χ0v) is 10.4. The highest BCUT2D eigenvalue weighted by Gasteiger charge is 2.16. The van der Waals surface area contributed by atoms with E-state index in [2.05, 4.69) is 15.5 Å². The maximum atomic E-state index is 11.4. The molecule has 6 heteroatoms. The van der Waals surface area contributed by atoms with Crippen LogP contribution in [0.2, 0.25) is 5.15 Å². The number of rotatable bonds is 1. The average Bonchev–Trinajstić information content (AvgIpc) is 2.08. The average molecular weight is 244 g/mol. The molecule has 0 bridgehead atoms. The smallest absolute Gasteiger partial charge is 0.413 e. The summed E-state index contributed by atoms with van der Waals surface area (Å²) in [6.45, 7) is 7.12. The van der Waals surface area contributed by atoms with Crippen molar-refractivity contribution in [3.8, 4) is 0 Å². The van der Waals surface area contributed by atoms with Crippen molar-refractivity contribution >= 4 is 23.5 Å². The van der Waals surface area contributed by atoms with Gasteiger partial charge in [-0.1, -0.05) is 11.6 Å². The van der Waals surface area contributed by atoms with Crippen LogP contribution in [0.3, 0.4) is 0 Å². The molecule has 0 radical (unpaired) electrons. The summed E-state index contributed by atoms with van der Waals surface area (Å²) in [4.78, 5) is 11.4. The van der Waals surface area contributed by atoms with Gasteiger partial charge in [0.1, 0.15) is 5.60 Å². The number of aryl methyl sites for hydroxylation is 1. The summed E-state index contributed by atoms with van der Waals surface area (Å²) >= 11 is 5.71. The molecular weight excluding hydrogens is 230 g/mol. The summed E-state index contributed by atoms with van der Waals surface area (Å²) in [5.41, 5.74) is 0.196. The number of ether oxygens (including phenoxy) is 1. The highest BCUT2D eigenvalue weighted by molar-refractivity contribution is 6.30. The number of aromatic nitrogens is 2. The lowest BCUT2D eigenvalue weighted by Crippen LogP contribution is -2.27. The second kappa shape index (κ2) is 4.65. The largest absolute Gasteiger partial charge is 0.444 e. The van der Waals surface area contributed by atoms with Crippen LogP contribution in [0, 0.1) is 6.92 Å². The first kappa shape index (κ1) is 12.7. The van der Waals surface area contributed by atoms with Crippen LogP contribution in [0.5, 0.6) is 0 Å². The topological polar surface area (TPSA) is 64.1 Å². The van der Waals surface area contributed by atoms with E-state index in [-0.39, 0.29) is 0 Å². The maximum absolute atomic E-state index is 11.4. The second-order valence-corrected chi connectivity index (χ2v) is 4.69. The number of carbonyl (C=O) groups excluding carboxylic acids is 1. The molecule has 0 aliphatic heterocycles. The molecule has 0 aliphatic carbocycles. The Balaban J connectivity index is 2.67. The second-order valence-electron chi connectivity index (χ2n) is 4.33. The van der Waals surface area contributed by atoms with Gasteiger partial charge in [-0.15, -0.1) is 10.2 Å². The van der Waals surface area contributed by atoms with Crippen molar-refractivity contribution in [3.63, 3.8) is 0 Å². The quantitative estimate of drug-likeness (QED) is 0.824. The van der Waals surface area contributed by atoms with Gasteiger partial charge in [0.05, 0.1) is 0 Å². The zero-order valence-electron chi connectivity index (χ0n) is 9.67. The number of anilines is 1. The molecule has 5 nitrogen and oxygen atoms in total. The summed E-state index contributed by atoms with van der Waals surface area (Å²) in [5, 5.41) is 10.2. The van der Waals surface area contributed by atoms with Crippen LogP contribution in [-0.4, -0.2) is 21.9 Å². The van der Waals surface area contributed by atoms with Crippen LogP contribution >= 0.6 is 11.6 Å². The van der Waals surface area contributed by atoms with Crippen molar-refractivity contribution in [1.82, 2.24) is 10.2 Å². The van der Waals surface area contributed by atoms with E-state index in [1.54, 1.807) is 33.8 Å². The molecule has 0 aliphatic rings. The molecule has 1 aromatic rings. The molecule has 88 valence electrons. The SMILES string of the molecule is Cc1cc(NC(=O)OC(C)(C)C)nnc1Cl. The summed E-state index contributed by atoms with van der Waals surface area (Å²) in [5.74, 6) is 0.316. The van der Waals surface area contributed by atoms with E-state index in [0.29, 0.717) is 11.0 Å². The van der Waals surface area contributed by atoms with Crippen molar-refractivity contribution in [1.29, 1.82) is 0 Å². The minimum atomic E-state index is -0.566. The summed E-state index contributed by atoms with van der Waals surface area (Å²) < 4.78 is 5.06. The predicted octanol–water partition coefficient (Wildman–Crippen LogP) is 2.79. The normalized spacial score (nSPS) is 11.1. The fourth-order valence-electron chi connectivity index (χ4n) is 0.939. The van der Waals surface area contributed by atoms with Gasteiger partial charge < -0.3 is 4.74 Å². The van der Waals surface area contributed by atoms with Gasteiger partial charge >= 0.3 is 6.09 Å². The van der Waals surface area contributed by atoms with E-state index in [1.807, 2.05) is 0 Å². The number of hydrogen-bond acceptors (Lipinski definition) is 4. The van der Waals surface area contributed by atoms with Gasteiger partial charge in [0, 0.05) is 0 Å². The van der Waals surface area contributed by atoms with Crippen molar-refractivity contribution in [3.05, 3.63) is 16.8 Å². The predicted molar refractivity (Wildman–Crippen MR) is 61.6 cm³/mol. The van der Waals surface area contributed by atoms with Crippen LogP contribution < -0.4 is 5.32 Å². The number of halogens is 1. The number of amides is 1. The Morgan fingerprint density at radius 1 is 1.44 bits per heavy atom. The lowest BCUT2D eigenvalue weighted by atomic mass is 10.2. The lowest BCUT2D eigenvalue weighted by molar-refractivity contribution is 0.0635. The lowest BCUT2D eigenvalue weighted by Gasteiger charge is -2.19. The molecule has 0 saturated heterocycles. The Bertz CT molecular complexity index is 402. The molecule has 1 heterocycles. The Labute approximate surface area is 99.2 Å². The van der Waals surface area contributed by atoms with E-state index in [1.165, 1.54) is 0 Å². The third-order valence-corrected chi connectivity index (χ3v) is 1.93. The fourth-order valence-corrected chi connectivity index (χ4v) is 1.03. The molecule has 0 fully saturated rings. The first-order valence-corrected chi connectivity index (χ1v) is 5.15. The number of nitrogens with one attached hydrogen (secondary N) is 1. The van der Waals surface area contributed by atoms with Crippen LogP contribution in [0.4, 0.5) is 10.6 Å². The molecule has 0 unspecified atom stereocenters. The number of hydrogen-bond donors (Lipinski definition) is 1. The van der Waals surface area contributed by atoms with Crippen molar-refractivity contribution in [2.24, 2.45) is 0 Å². The van der Waals surface area contributed by atoms with Gasteiger partial charge in [-0.05, 0) is 39.3 Å². The molecule has 0 atom stereocenters. The number of nitrogens with zero attached hydrogens (tertiary/aromatic N) is 2. The zero-order chi connectivity index (χ0) is 12.3. The highest BCUT2D eigenvalue weighted by atomic mass is 35.5. The third-order valence-electron chi connectivity index (χ3n) is 1.55. The molecule has 1 aromatic heterocycles. The molecule has 1 rings (SSSR count). The molecule has 1 N–H and O–H groups in total. The highest BCUT2D eigenvalue weighted by Crippen LogP contribution is 2.14. The van der Waals surface area contributed by atoms with Gasteiger partial charge in [-0.25, -0.2) is 4.79 Å². The molecule has 0 saturated carbocycles. The van der Waals surface area contributed by atoms with E-state index in [0.717, 1.165) is 5.56 Å². The van der Waals surface area contributed by atoms with E-state index in [9.17, 15) is 4.79 Å². The van der Waals surface area contributed by atoms with Gasteiger partial charge in [-0.3, -0.25) is 5.32 Å². The molecular formula is C10H14ClN3O2. The van der Waals surface area contributed by atoms with Crippen molar-refractivity contribution < 1.29 is 9.53 Å². The Kier molecular flexibility index (Phi) is 3.70. The Morgan fingerprint density at radius 2 is 2.06 bits per heavy atom. The Hall–Kier alpha value is -1.36. The van der Waals surface area contributed by atoms with Crippen molar-refractivity contribution in [2.75, 3.05) is 5.32 Å². The van der Waals surface area contributed by atoms with Gasteiger partial charge in [0.2, 0.25) is 0 Å². The minimum Gasteiger partial charge on any atom is -0.444 e. The van der Waals surface area contributed by atoms with Crippen LogP contribution in [0.1, 0.15) is 26.3 Å².